The van der Waals surface area contributed by atoms with Gasteiger partial charge in [0.05, 0.1) is 0 Å². The Hall–Kier alpha value is -0.940. The molecule has 0 bridgehead atoms. The van der Waals surface area contributed by atoms with Crippen molar-refractivity contribution in [1.82, 2.24) is 0 Å². The van der Waals surface area contributed by atoms with E-state index in [0.29, 0.717) is 0 Å². The molecular weight excluding hydrogens is 224 g/mol. The van der Waals surface area contributed by atoms with Crippen LogP contribution in [0.3, 0.4) is 0 Å². The van der Waals surface area contributed by atoms with Gasteiger partial charge in [0.25, 0.3) is 0 Å². The first-order valence-electron chi connectivity index (χ1n) is 4.91. The highest BCUT2D eigenvalue weighted by molar-refractivity contribution is 7.10. The molecule has 0 aromatic carbocycles. The van der Waals surface area contributed by atoms with Crippen LogP contribution in [0.1, 0.15) is 4.88 Å². The van der Waals surface area contributed by atoms with E-state index < -0.39 is 11.4 Å². The molecule has 1 aliphatic rings. The molecule has 0 amide bonds. The van der Waals surface area contributed by atoms with Crippen molar-refractivity contribution < 1.29 is 14.6 Å². The van der Waals surface area contributed by atoms with E-state index in [1.807, 2.05) is 17.5 Å². The van der Waals surface area contributed by atoms with E-state index in [4.69, 9.17) is 9.47 Å². The Balaban J connectivity index is 2.29. The fraction of sp³-hybridized carbons (Fsp3) is 0.333. The first-order valence-corrected chi connectivity index (χ1v) is 5.79. The van der Waals surface area contributed by atoms with Crippen molar-refractivity contribution in [3.05, 3.63) is 46.7 Å². The van der Waals surface area contributed by atoms with E-state index in [-0.39, 0.29) is 0 Å². The number of methoxy groups -OCH3 is 2. The average molecular weight is 238 g/mol. The molecule has 0 fully saturated rings. The fourth-order valence-electron chi connectivity index (χ4n) is 1.62. The molecule has 4 heteroatoms. The predicted octanol–water partition coefficient (Wildman–Crippen LogP) is 2.05. The van der Waals surface area contributed by atoms with Gasteiger partial charge in [-0.1, -0.05) is 6.07 Å². The van der Waals surface area contributed by atoms with Gasteiger partial charge < -0.3 is 14.6 Å². The molecule has 2 rings (SSSR count). The highest BCUT2D eigenvalue weighted by atomic mass is 32.1. The van der Waals surface area contributed by atoms with Crippen LogP contribution in [0, 0.1) is 0 Å². The Bertz CT molecular complexity index is 386. The molecule has 0 radical (unpaired) electrons. The largest absolute Gasteiger partial charge is 0.377 e. The van der Waals surface area contributed by atoms with Gasteiger partial charge in [-0.15, -0.1) is 11.3 Å². The monoisotopic (exact) mass is 238 g/mol. The summed E-state index contributed by atoms with van der Waals surface area (Å²) >= 11 is 1.51. The van der Waals surface area contributed by atoms with Crippen LogP contribution in [0.5, 0.6) is 0 Å². The van der Waals surface area contributed by atoms with Gasteiger partial charge in [0.15, 0.2) is 0 Å². The molecule has 16 heavy (non-hydrogen) atoms. The SMILES string of the molecule is COC1(OC)C=CC(O)(c2cccs2)C=C1. The first-order chi connectivity index (χ1) is 7.64. The number of hydrogen-bond donors (Lipinski definition) is 1. The van der Waals surface area contributed by atoms with Gasteiger partial charge in [-0.3, -0.25) is 0 Å². The topological polar surface area (TPSA) is 38.7 Å². The highest BCUT2D eigenvalue weighted by Crippen LogP contribution is 2.34. The minimum absolute atomic E-state index is 0.858. The van der Waals surface area contributed by atoms with Crippen molar-refractivity contribution in [2.24, 2.45) is 0 Å². The van der Waals surface area contributed by atoms with Crippen LogP contribution >= 0.6 is 11.3 Å². The zero-order valence-electron chi connectivity index (χ0n) is 9.21. The van der Waals surface area contributed by atoms with E-state index in [2.05, 4.69) is 0 Å². The van der Waals surface area contributed by atoms with Gasteiger partial charge in [0, 0.05) is 19.1 Å². The smallest absolute Gasteiger partial charge is 0.207 e. The van der Waals surface area contributed by atoms with Crippen LogP contribution in [-0.2, 0) is 15.1 Å². The van der Waals surface area contributed by atoms with E-state index in [9.17, 15) is 5.11 Å². The van der Waals surface area contributed by atoms with Crippen LogP contribution in [0.25, 0.3) is 0 Å². The van der Waals surface area contributed by atoms with Gasteiger partial charge in [-0.25, -0.2) is 0 Å². The van der Waals surface area contributed by atoms with Crippen LogP contribution in [0.2, 0.25) is 0 Å². The summed E-state index contributed by atoms with van der Waals surface area (Å²) in [6, 6.07) is 3.81. The molecule has 0 aliphatic heterocycles. The normalized spacial score (nSPS) is 21.2. The summed E-state index contributed by atoms with van der Waals surface area (Å²) in [5.74, 6) is -0.858. The summed E-state index contributed by atoms with van der Waals surface area (Å²) in [7, 11) is 3.13. The standard InChI is InChI=1S/C12H14O3S/c1-14-12(15-2)7-5-11(13,6-8-12)10-4-3-9-16-10/h3-9,13H,1-2H3. The van der Waals surface area contributed by atoms with E-state index in [0.717, 1.165) is 4.88 Å². The number of thiophene rings is 1. The summed E-state index contributed by atoms with van der Waals surface area (Å²) in [4.78, 5) is 0.876. The maximum Gasteiger partial charge on any atom is 0.207 e. The summed E-state index contributed by atoms with van der Waals surface area (Å²) < 4.78 is 10.5. The molecule has 0 unspecified atom stereocenters. The third-order valence-electron chi connectivity index (χ3n) is 2.69. The van der Waals surface area contributed by atoms with Gasteiger partial charge in [-0.2, -0.15) is 0 Å². The van der Waals surface area contributed by atoms with Gasteiger partial charge in [0.2, 0.25) is 5.79 Å². The van der Waals surface area contributed by atoms with Gasteiger partial charge >= 0.3 is 0 Å². The summed E-state index contributed by atoms with van der Waals surface area (Å²) in [5, 5.41) is 12.3. The lowest BCUT2D eigenvalue weighted by Gasteiger charge is -2.31. The molecule has 0 spiro atoms. The second kappa shape index (κ2) is 4.14. The lowest BCUT2D eigenvalue weighted by atomic mass is 9.94. The zero-order chi connectivity index (χ0) is 11.6. The van der Waals surface area contributed by atoms with Crippen molar-refractivity contribution in [3.63, 3.8) is 0 Å². The number of aliphatic hydroxyl groups is 1. The molecule has 86 valence electrons. The second-order valence-electron chi connectivity index (χ2n) is 3.60. The Morgan fingerprint density at radius 2 is 1.75 bits per heavy atom. The van der Waals surface area contributed by atoms with Crippen molar-refractivity contribution in [2.75, 3.05) is 14.2 Å². The number of ether oxygens (including phenoxy) is 2. The zero-order valence-corrected chi connectivity index (χ0v) is 10.0. The molecular formula is C12H14O3S. The number of hydrogen-bond acceptors (Lipinski definition) is 4. The van der Waals surface area contributed by atoms with Crippen molar-refractivity contribution in [3.8, 4) is 0 Å². The van der Waals surface area contributed by atoms with E-state index >= 15 is 0 Å². The highest BCUT2D eigenvalue weighted by Gasteiger charge is 2.33. The lowest BCUT2D eigenvalue weighted by Crippen LogP contribution is -2.34. The Labute approximate surface area is 98.6 Å². The molecule has 0 atom stereocenters. The summed E-state index contributed by atoms with van der Waals surface area (Å²) in [5.41, 5.74) is -1.05. The molecule has 1 heterocycles. The van der Waals surface area contributed by atoms with Crippen LogP contribution in [0.15, 0.2) is 41.8 Å². The van der Waals surface area contributed by atoms with Gasteiger partial charge in [-0.05, 0) is 35.8 Å². The van der Waals surface area contributed by atoms with Crippen LogP contribution < -0.4 is 0 Å². The summed E-state index contributed by atoms with van der Waals surface area (Å²) in [6.45, 7) is 0. The number of rotatable bonds is 3. The molecule has 1 aliphatic carbocycles. The maximum absolute atomic E-state index is 10.4. The fourth-order valence-corrected chi connectivity index (χ4v) is 2.41. The summed E-state index contributed by atoms with van der Waals surface area (Å²) in [6.07, 6.45) is 6.80. The molecule has 1 aromatic rings. The molecule has 0 saturated carbocycles. The molecule has 1 N–H and O–H groups in total. The lowest BCUT2D eigenvalue weighted by molar-refractivity contribution is -0.136. The molecule has 3 nitrogen and oxygen atoms in total. The van der Waals surface area contributed by atoms with Gasteiger partial charge in [0.1, 0.15) is 5.60 Å². The minimum atomic E-state index is -1.05. The van der Waals surface area contributed by atoms with Crippen molar-refractivity contribution >= 4 is 11.3 Å². The van der Waals surface area contributed by atoms with E-state index in [1.54, 1.807) is 38.5 Å². The molecule has 0 saturated heterocycles. The van der Waals surface area contributed by atoms with Crippen molar-refractivity contribution in [1.29, 1.82) is 0 Å². The average Bonchev–Trinajstić information content (AvgIpc) is 2.85. The Kier molecular flexibility index (Phi) is 2.99. The Morgan fingerprint density at radius 3 is 2.19 bits per heavy atom. The third-order valence-corrected chi connectivity index (χ3v) is 3.70. The predicted molar refractivity (Wildman–Crippen MR) is 63.2 cm³/mol. The quantitative estimate of drug-likeness (QED) is 0.647. The van der Waals surface area contributed by atoms with Crippen LogP contribution in [-0.4, -0.2) is 25.1 Å². The molecule has 1 aromatic heterocycles. The van der Waals surface area contributed by atoms with Crippen LogP contribution in [0.4, 0.5) is 0 Å². The second-order valence-corrected chi connectivity index (χ2v) is 4.55. The third kappa shape index (κ3) is 1.85. The maximum atomic E-state index is 10.4. The first kappa shape index (κ1) is 11.5. The Morgan fingerprint density at radius 1 is 1.12 bits per heavy atom. The van der Waals surface area contributed by atoms with Crippen molar-refractivity contribution in [2.45, 2.75) is 11.4 Å². The van der Waals surface area contributed by atoms with E-state index in [1.165, 1.54) is 11.3 Å². The minimum Gasteiger partial charge on any atom is -0.377 e.